The van der Waals surface area contributed by atoms with Crippen molar-refractivity contribution in [1.82, 2.24) is 4.98 Å². The maximum atomic E-state index is 11.8. The van der Waals surface area contributed by atoms with Crippen LogP contribution in [0.2, 0.25) is 0 Å². The Hall–Kier alpha value is -1.35. The summed E-state index contributed by atoms with van der Waals surface area (Å²) in [6.45, 7) is -0.294. The third kappa shape index (κ3) is 6.07. The van der Waals surface area contributed by atoms with Crippen LogP contribution in [-0.4, -0.2) is 26.0 Å². The molecule has 0 aliphatic heterocycles. The highest BCUT2D eigenvalue weighted by molar-refractivity contribution is 7.85. The fourth-order valence-electron chi connectivity index (χ4n) is 0.850. The molecule has 0 bridgehead atoms. The smallest absolute Gasteiger partial charge is 0.388 e. The molecular formula is C8H8F3NO4S. The van der Waals surface area contributed by atoms with E-state index >= 15 is 0 Å². The van der Waals surface area contributed by atoms with Crippen LogP contribution >= 0.6 is 0 Å². The summed E-state index contributed by atoms with van der Waals surface area (Å²) >= 11 is 0. The topological polar surface area (TPSA) is 65.5 Å². The van der Waals surface area contributed by atoms with E-state index in [9.17, 15) is 21.6 Å². The molecule has 0 saturated heterocycles. The van der Waals surface area contributed by atoms with Crippen LogP contribution in [-0.2, 0) is 20.9 Å². The van der Waals surface area contributed by atoms with Crippen LogP contribution in [0.4, 0.5) is 13.2 Å². The van der Waals surface area contributed by atoms with Gasteiger partial charge in [-0.05, 0) is 11.6 Å². The normalized spacial score (nSPS) is 12.5. The van der Waals surface area contributed by atoms with E-state index < -0.39 is 22.4 Å². The molecule has 0 radical (unpaired) electrons. The molecule has 96 valence electrons. The minimum absolute atomic E-state index is 0.294. The number of hydrogen-bond acceptors (Lipinski definition) is 5. The maximum absolute atomic E-state index is 11.8. The molecule has 0 amide bonds. The van der Waals surface area contributed by atoms with E-state index in [0.29, 0.717) is 5.56 Å². The van der Waals surface area contributed by atoms with E-state index in [4.69, 9.17) is 0 Å². The predicted molar refractivity (Wildman–Crippen MR) is 50.6 cm³/mol. The van der Waals surface area contributed by atoms with E-state index in [0.717, 1.165) is 18.5 Å². The highest BCUT2D eigenvalue weighted by Crippen LogP contribution is 2.20. The molecule has 0 atom stereocenters. The number of halogens is 3. The van der Waals surface area contributed by atoms with Crippen LogP contribution in [0.1, 0.15) is 5.56 Å². The van der Waals surface area contributed by atoms with Crippen molar-refractivity contribution in [1.29, 1.82) is 0 Å². The summed E-state index contributed by atoms with van der Waals surface area (Å²) in [6, 6.07) is 2.19. The second-order valence-corrected chi connectivity index (χ2v) is 4.66. The molecule has 1 heterocycles. The van der Waals surface area contributed by atoms with Gasteiger partial charge in [-0.2, -0.15) is 8.42 Å². The lowest BCUT2D eigenvalue weighted by Gasteiger charge is -2.07. The van der Waals surface area contributed by atoms with Gasteiger partial charge in [0.2, 0.25) is 5.88 Å². The van der Waals surface area contributed by atoms with Crippen LogP contribution < -0.4 is 4.74 Å². The zero-order chi connectivity index (χ0) is 13.1. The van der Waals surface area contributed by atoms with Crippen LogP contribution in [0.15, 0.2) is 18.3 Å². The van der Waals surface area contributed by atoms with Crippen molar-refractivity contribution in [2.75, 3.05) is 6.26 Å². The van der Waals surface area contributed by atoms with Crippen molar-refractivity contribution >= 4 is 10.1 Å². The van der Waals surface area contributed by atoms with E-state index in [1.165, 1.54) is 6.07 Å². The molecule has 5 nitrogen and oxygen atoms in total. The summed E-state index contributed by atoms with van der Waals surface area (Å²) in [4.78, 5) is 3.35. The van der Waals surface area contributed by atoms with E-state index in [1.807, 2.05) is 0 Å². The molecule has 0 fully saturated rings. The average molecular weight is 271 g/mol. The van der Waals surface area contributed by atoms with Gasteiger partial charge in [-0.3, -0.25) is 4.18 Å². The lowest BCUT2D eigenvalue weighted by atomic mass is 10.3. The van der Waals surface area contributed by atoms with Crippen LogP contribution in [0.5, 0.6) is 5.88 Å². The number of ether oxygens (including phenoxy) is 1. The molecule has 9 heteroatoms. The maximum Gasteiger partial charge on any atom is 0.574 e. The number of nitrogens with zero attached hydrogens (tertiary/aromatic N) is 1. The lowest BCUT2D eigenvalue weighted by Crippen LogP contribution is -2.17. The Bertz CT molecular complexity index is 469. The molecule has 1 aromatic rings. The molecule has 1 aromatic heterocycles. The molecule has 0 N–H and O–H groups in total. The number of alkyl halides is 3. The number of hydrogen-bond donors (Lipinski definition) is 0. The van der Waals surface area contributed by atoms with Crippen molar-refractivity contribution in [3.63, 3.8) is 0 Å². The summed E-state index contributed by atoms with van der Waals surface area (Å²) in [7, 11) is -3.60. The van der Waals surface area contributed by atoms with Gasteiger partial charge >= 0.3 is 6.36 Å². The molecule has 0 saturated carbocycles. The summed E-state index contributed by atoms with van der Waals surface area (Å²) in [5, 5.41) is 0. The van der Waals surface area contributed by atoms with Gasteiger partial charge in [0.05, 0.1) is 12.9 Å². The molecule has 1 rings (SSSR count). The van der Waals surface area contributed by atoms with Gasteiger partial charge in [-0.1, -0.05) is 0 Å². The Morgan fingerprint density at radius 1 is 1.35 bits per heavy atom. The molecular weight excluding hydrogens is 263 g/mol. The quantitative estimate of drug-likeness (QED) is 0.775. The van der Waals surface area contributed by atoms with Crippen molar-refractivity contribution in [3.8, 4) is 5.88 Å². The third-order valence-electron chi connectivity index (χ3n) is 1.46. The average Bonchev–Trinajstić information content (AvgIpc) is 2.13. The fourth-order valence-corrected chi connectivity index (χ4v) is 1.20. The minimum Gasteiger partial charge on any atom is -0.388 e. The molecule has 0 aliphatic carbocycles. The van der Waals surface area contributed by atoms with Gasteiger partial charge in [0.15, 0.2) is 0 Å². The second-order valence-electron chi connectivity index (χ2n) is 3.02. The summed E-state index contributed by atoms with van der Waals surface area (Å²) < 4.78 is 64.6. The highest BCUT2D eigenvalue weighted by Gasteiger charge is 2.31. The largest absolute Gasteiger partial charge is 0.574 e. The Morgan fingerprint density at radius 3 is 2.41 bits per heavy atom. The standard InChI is InChI=1S/C8H8F3NO4S/c1-17(13,14)15-5-6-2-3-7(12-4-6)16-8(9,10)11/h2-4H,5H2,1H3. The number of rotatable bonds is 4. The van der Waals surface area contributed by atoms with Crippen LogP contribution in [0.3, 0.4) is 0 Å². The molecule has 17 heavy (non-hydrogen) atoms. The van der Waals surface area contributed by atoms with Gasteiger partial charge in [0.1, 0.15) is 0 Å². The lowest BCUT2D eigenvalue weighted by molar-refractivity contribution is -0.276. The number of aromatic nitrogens is 1. The van der Waals surface area contributed by atoms with Crippen molar-refractivity contribution in [2.45, 2.75) is 13.0 Å². The fraction of sp³-hybridized carbons (Fsp3) is 0.375. The second kappa shape index (κ2) is 4.88. The first kappa shape index (κ1) is 13.7. The first-order valence-electron chi connectivity index (χ1n) is 4.21. The van der Waals surface area contributed by atoms with Crippen molar-refractivity contribution in [3.05, 3.63) is 23.9 Å². The third-order valence-corrected chi connectivity index (χ3v) is 2.00. The minimum atomic E-state index is -4.81. The van der Waals surface area contributed by atoms with Crippen molar-refractivity contribution in [2.24, 2.45) is 0 Å². The van der Waals surface area contributed by atoms with Gasteiger partial charge in [-0.15, -0.1) is 13.2 Å². The zero-order valence-electron chi connectivity index (χ0n) is 8.56. The Balaban J connectivity index is 2.62. The van der Waals surface area contributed by atoms with Crippen LogP contribution in [0, 0.1) is 0 Å². The predicted octanol–water partition coefficient (Wildman–Crippen LogP) is 1.46. The highest BCUT2D eigenvalue weighted by atomic mass is 32.2. The number of pyridine rings is 1. The Labute approximate surface area is 95.3 Å². The molecule has 0 aromatic carbocycles. The van der Waals surface area contributed by atoms with Gasteiger partial charge in [0.25, 0.3) is 10.1 Å². The summed E-state index contributed by atoms with van der Waals surface area (Å²) in [6.07, 6.45) is -2.91. The van der Waals surface area contributed by atoms with Gasteiger partial charge in [0, 0.05) is 12.3 Å². The van der Waals surface area contributed by atoms with Gasteiger partial charge < -0.3 is 4.74 Å². The van der Waals surface area contributed by atoms with Crippen LogP contribution in [0.25, 0.3) is 0 Å². The van der Waals surface area contributed by atoms with Gasteiger partial charge in [-0.25, -0.2) is 4.98 Å². The zero-order valence-corrected chi connectivity index (χ0v) is 9.38. The first-order chi connectivity index (χ1) is 7.66. The van der Waals surface area contributed by atoms with E-state index in [2.05, 4.69) is 13.9 Å². The molecule has 0 unspecified atom stereocenters. The Kier molecular flexibility index (Phi) is 3.94. The van der Waals surface area contributed by atoms with E-state index in [1.54, 1.807) is 0 Å². The summed E-state index contributed by atoms with van der Waals surface area (Å²) in [5.74, 6) is -0.624. The molecule has 0 aliphatic rings. The molecule has 0 spiro atoms. The van der Waals surface area contributed by atoms with E-state index in [-0.39, 0.29) is 6.61 Å². The Morgan fingerprint density at radius 2 is 2.00 bits per heavy atom. The summed E-state index contributed by atoms with van der Waals surface area (Å²) in [5.41, 5.74) is 0.310. The monoisotopic (exact) mass is 271 g/mol. The SMILES string of the molecule is CS(=O)(=O)OCc1ccc(OC(F)(F)F)nc1. The first-order valence-corrected chi connectivity index (χ1v) is 6.02. The van der Waals surface area contributed by atoms with Crippen molar-refractivity contribution < 1.29 is 30.5 Å².